The van der Waals surface area contributed by atoms with Crippen LogP contribution in [-0.2, 0) is 13.1 Å². The number of hydrogen-bond donors (Lipinski definition) is 1. The van der Waals surface area contributed by atoms with Crippen LogP contribution in [0.15, 0.2) is 84.9 Å². The summed E-state index contributed by atoms with van der Waals surface area (Å²) < 4.78 is 5.09. The van der Waals surface area contributed by atoms with Crippen molar-refractivity contribution in [2.75, 3.05) is 89.1 Å². The standard InChI is InChI=1S/C43H57N7/c1-45(2)36-18-14-32-26-33-15-19-37(46(3)4)29-41(33)49(40(32)28-36)24-12-10-9-11-22-44-23-13-25-50-42-30-38(47(5)6)20-16-34(42)27-35-17-21-39(48(7)8)31-43(35)50/h14-21,26-31,44H,9-13,22-25H2,1-8H3/q+2. The summed E-state index contributed by atoms with van der Waals surface area (Å²) in [7, 11) is 17.0. The Hall–Kier alpha value is -4.62. The highest BCUT2D eigenvalue weighted by atomic mass is 15.1. The van der Waals surface area contributed by atoms with Gasteiger partial charge in [0.25, 0.3) is 0 Å². The molecule has 50 heavy (non-hydrogen) atoms. The third kappa shape index (κ3) is 7.73. The van der Waals surface area contributed by atoms with Crippen LogP contribution in [0.3, 0.4) is 0 Å². The van der Waals surface area contributed by atoms with E-state index in [1.54, 1.807) is 0 Å². The molecule has 0 spiro atoms. The normalized spacial score (nSPS) is 11.6. The Kier molecular flexibility index (Phi) is 10.9. The van der Waals surface area contributed by atoms with Crippen molar-refractivity contribution >= 4 is 66.4 Å². The molecule has 1 N–H and O–H groups in total. The summed E-state index contributed by atoms with van der Waals surface area (Å²) >= 11 is 0. The Bertz CT molecular complexity index is 1810. The van der Waals surface area contributed by atoms with E-state index in [1.807, 2.05) is 0 Å². The van der Waals surface area contributed by atoms with E-state index in [4.69, 9.17) is 0 Å². The zero-order valence-corrected chi connectivity index (χ0v) is 31.6. The quantitative estimate of drug-likeness (QED) is 0.0700. The van der Waals surface area contributed by atoms with Crippen LogP contribution >= 0.6 is 0 Å². The Morgan fingerprint density at radius 3 is 1.06 bits per heavy atom. The summed E-state index contributed by atoms with van der Waals surface area (Å²) in [5.41, 5.74) is 10.2. The molecule has 7 heteroatoms. The second kappa shape index (κ2) is 15.5. The minimum Gasteiger partial charge on any atom is -0.377 e. The van der Waals surface area contributed by atoms with Crippen molar-refractivity contribution in [3.05, 3.63) is 84.9 Å². The lowest BCUT2D eigenvalue weighted by molar-refractivity contribution is -0.645. The lowest BCUT2D eigenvalue weighted by Gasteiger charge is -2.15. The SMILES string of the molecule is CN(C)c1ccc2cc3ccc(N(C)C)cc3[n+](CCCCCCNCCC[n+]3c4cc(N(C)C)ccc4cc4ccc(N(C)C)cc43)c2c1. The number of benzene rings is 4. The first-order chi connectivity index (χ1) is 24.1. The van der Waals surface area contributed by atoms with Crippen molar-refractivity contribution in [3.63, 3.8) is 0 Å². The minimum absolute atomic E-state index is 0.982. The van der Waals surface area contributed by atoms with E-state index >= 15 is 0 Å². The van der Waals surface area contributed by atoms with Gasteiger partial charge in [0, 0.05) is 144 Å². The van der Waals surface area contributed by atoms with Gasteiger partial charge in [0.1, 0.15) is 6.54 Å². The maximum atomic E-state index is 3.76. The summed E-state index contributed by atoms with van der Waals surface area (Å²) in [5, 5.41) is 8.94. The minimum atomic E-state index is 0.982. The molecule has 4 aromatic carbocycles. The van der Waals surface area contributed by atoms with Crippen LogP contribution in [0.5, 0.6) is 0 Å². The molecule has 0 atom stereocenters. The molecular formula is C43H57N7+2. The molecule has 2 aromatic heterocycles. The van der Waals surface area contributed by atoms with Crippen LogP contribution in [0.2, 0.25) is 0 Å². The number of nitrogens with one attached hydrogen (secondary N) is 1. The van der Waals surface area contributed by atoms with Crippen LogP contribution in [0.1, 0.15) is 32.1 Å². The molecule has 0 saturated carbocycles. The van der Waals surface area contributed by atoms with Gasteiger partial charge in [-0.25, -0.2) is 0 Å². The van der Waals surface area contributed by atoms with Gasteiger partial charge in [0.2, 0.25) is 22.1 Å². The molecule has 0 bridgehead atoms. The first-order valence-corrected chi connectivity index (χ1v) is 18.3. The highest BCUT2D eigenvalue weighted by Gasteiger charge is 2.19. The number of aromatic nitrogens is 2. The largest absolute Gasteiger partial charge is 0.377 e. The first-order valence-electron chi connectivity index (χ1n) is 18.3. The van der Waals surface area contributed by atoms with Gasteiger partial charge >= 0.3 is 0 Å². The van der Waals surface area contributed by atoms with Gasteiger partial charge in [-0.05, 0) is 80.1 Å². The Morgan fingerprint density at radius 2 is 0.700 bits per heavy atom. The molecule has 7 nitrogen and oxygen atoms in total. The molecule has 0 saturated heterocycles. The average molecular weight is 672 g/mol. The number of hydrogen-bond acceptors (Lipinski definition) is 5. The van der Waals surface area contributed by atoms with Crippen molar-refractivity contribution in [1.29, 1.82) is 0 Å². The van der Waals surface area contributed by atoms with Crippen molar-refractivity contribution in [3.8, 4) is 0 Å². The maximum Gasteiger partial charge on any atom is 0.215 e. The molecule has 0 unspecified atom stereocenters. The van der Waals surface area contributed by atoms with Crippen LogP contribution in [0, 0.1) is 0 Å². The zero-order chi connectivity index (χ0) is 35.4. The second-order valence-electron chi connectivity index (χ2n) is 14.7. The monoisotopic (exact) mass is 671 g/mol. The fraction of sp³-hybridized carbons (Fsp3) is 0.395. The molecule has 0 aliphatic heterocycles. The maximum absolute atomic E-state index is 3.76. The van der Waals surface area contributed by atoms with E-state index in [2.05, 4.69) is 175 Å². The molecule has 0 amide bonds. The van der Waals surface area contributed by atoms with Crippen molar-refractivity contribution in [2.45, 2.75) is 45.2 Å². The van der Waals surface area contributed by atoms with Gasteiger partial charge in [-0.3, -0.25) is 0 Å². The molecule has 6 rings (SSSR count). The molecule has 262 valence electrons. The average Bonchev–Trinajstić information content (AvgIpc) is 3.10. The number of fused-ring (bicyclic) bond motifs is 4. The van der Waals surface area contributed by atoms with Crippen LogP contribution in [0.25, 0.3) is 43.6 Å². The molecule has 0 aliphatic carbocycles. The fourth-order valence-electron chi connectivity index (χ4n) is 7.10. The molecule has 0 aliphatic rings. The predicted octanol–water partition coefficient (Wildman–Crippen LogP) is 7.38. The van der Waals surface area contributed by atoms with Gasteiger partial charge in [-0.1, -0.05) is 6.42 Å². The number of pyridine rings is 2. The van der Waals surface area contributed by atoms with Gasteiger partial charge in [-0.2, -0.15) is 9.13 Å². The molecule has 2 heterocycles. The zero-order valence-electron chi connectivity index (χ0n) is 31.6. The van der Waals surface area contributed by atoms with E-state index in [-0.39, 0.29) is 0 Å². The Labute approximate surface area is 299 Å². The van der Waals surface area contributed by atoms with E-state index in [0.29, 0.717) is 0 Å². The second-order valence-corrected chi connectivity index (χ2v) is 14.7. The molecule has 0 fully saturated rings. The van der Waals surface area contributed by atoms with Gasteiger partial charge < -0.3 is 24.9 Å². The summed E-state index contributed by atoms with van der Waals surface area (Å²) in [6.45, 7) is 4.09. The van der Waals surface area contributed by atoms with E-state index < -0.39 is 0 Å². The number of aryl methyl sites for hydroxylation is 2. The third-order valence-electron chi connectivity index (χ3n) is 10.1. The van der Waals surface area contributed by atoms with Crippen molar-refractivity contribution in [2.24, 2.45) is 0 Å². The van der Waals surface area contributed by atoms with Gasteiger partial charge in [0.05, 0.1) is 0 Å². The topological polar surface area (TPSA) is 32.8 Å². The van der Waals surface area contributed by atoms with E-state index in [0.717, 1.165) is 32.6 Å². The number of anilines is 4. The number of rotatable bonds is 15. The highest BCUT2D eigenvalue weighted by molar-refractivity contribution is 5.92. The van der Waals surface area contributed by atoms with Gasteiger partial charge in [0.15, 0.2) is 6.54 Å². The van der Waals surface area contributed by atoms with Gasteiger partial charge in [-0.15, -0.1) is 0 Å². The Balaban J connectivity index is 1.06. The molecule has 0 radical (unpaired) electrons. The summed E-state index contributed by atoms with van der Waals surface area (Å²) in [6.07, 6.45) is 5.94. The summed E-state index contributed by atoms with van der Waals surface area (Å²) in [6, 6.07) is 32.0. The fourth-order valence-corrected chi connectivity index (χ4v) is 7.10. The number of unbranched alkanes of at least 4 members (excludes halogenated alkanes) is 3. The lowest BCUT2D eigenvalue weighted by atomic mass is 10.1. The smallest absolute Gasteiger partial charge is 0.215 e. The van der Waals surface area contributed by atoms with Crippen LogP contribution < -0.4 is 34.1 Å². The number of nitrogens with zero attached hydrogens (tertiary/aromatic N) is 6. The van der Waals surface area contributed by atoms with E-state index in [1.165, 1.54) is 92.0 Å². The predicted molar refractivity (Wildman–Crippen MR) is 217 cm³/mol. The third-order valence-corrected chi connectivity index (χ3v) is 10.1. The molecular weight excluding hydrogens is 615 g/mol. The summed E-state index contributed by atoms with van der Waals surface area (Å²) in [4.78, 5) is 8.78. The first kappa shape index (κ1) is 35.2. The Morgan fingerprint density at radius 1 is 0.380 bits per heavy atom. The highest BCUT2D eigenvalue weighted by Crippen LogP contribution is 2.27. The van der Waals surface area contributed by atoms with Crippen LogP contribution in [0.4, 0.5) is 22.7 Å². The lowest BCUT2D eigenvalue weighted by Crippen LogP contribution is -2.37. The van der Waals surface area contributed by atoms with Crippen molar-refractivity contribution < 1.29 is 9.13 Å². The van der Waals surface area contributed by atoms with Crippen molar-refractivity contribution in [1.82, 2.24) is 5.32 Å². The summed E-state index contributed by atoms with van der Waals surface area (Å²) in [5.74, 6) is 0. The van der Waals surface area contributed by atoms with E-state index in [9.17, 15) is 0 Å². The molecule has 6 aromatic rings. The van der Waals surface area contributed by atoms with Crippen LogP contribution in [-0.4, -0.2) is 69.5 Å².